The van der Waals surface area contributed by atoms with Gasteiger partial charge in [-0.15, -0.1) is 0 Å². The number of rotatable bonds is 4. The van der Waals surface area contributed by atoms with Gasteiger partial charge in [-0.05, 0) is 50.7 Å². The third-order valence-corrected chi connectivity index (χ3v) is 5.74. The van der Waals surface area contributed by atoms with Crippen molar-refractivity contribution in [2.24, 2.45) is 5.84 Å². The SMILES string of the molecule is CN1CCCC(N(C)S(=O)(=O)c2ccc(NN)cc2)C1. The number of likely N-dealkylation sites (N-methyl/N-ethyl adjacent to an activating group) is 2. The highest BCUT2D eigenvalue weighted by atomic mass is 32.2. The standard InChI is InChI=1S/C13H22N4O2S/c1-16-9-3-4-12(10-16)17(2)20(18,19)13-7-5-11(15-14)6-8-13/h5-8,12,15H,3-4,9-10,14H2,1-2H3. The van der Waals surface area contributed by atoms with Crippen LogP contribution >= 0.6 is 0 Å². The van der Waals surface area contributed by atoms with Crippen molar-refractivity contribution in [2.45, 2.75) is 23.8 Å². The van der Waals surface area contributed by atoms with Crippen LogP contribution in [0.3, 0.4) is 0 Å². The van der Waals surface area contributed by atoms with Gasteiger partial charge in [-0.2, -0.15) is 4.31 Å². The van der Waals surface area contributed by atoms with Crippen LogP contribution in [0.15, 0.2) is 29.2 Å². The minimum absolute atomic E-state index is 0.0334. The third kappa shape index (κ3) is 3.12. The number of sulfonamides is 1. The van der Waals surface area contributed by atoms with Crippen LogP contribution in [-0.2, 0) is 10.0 Å². The number of benzene rings is 1. The van der Waals surface area contributed by atoms with E-state index in [9.17, 15) is 8.42 Å². The first-order valence-electron chi connectivity index (χ1n) is 6.68. The van der Waals surface area contributed by atoms with Crippen LogP contribution in [0.25, 0.3) is 0 Å². The summed E-state index contributed by atoms with van der Waals surface area (Å²) in [5, 5.41) is 0. The normalized spacial score (nSPS) is 21.1. The Kier molecular flexibility index (Phi) is 4.64. The zero-order valence-electron chi connectivity index (χ0n) is 11.9. The number of anilines is 1. The Morgan fingerprint density at radius 1 is 1.35 bits per heavy atom. The lowest BCUT2D eigenvalue weighted by molar-refractivity contribution is 0.187. The molecule has 1 saturated heterocycles. The Bertz CT molecular complexity index is 544. The zero-order valence-corrected chi connectivity index (χ0v) is 12.7. The lowest BCUT2D eigenvalue weighted by atomic mass is 10.1. The molecule has 0 bridgehead atoms. The van der Waals surface area contributed by atoms with E-state index in [4.69, 9.17) is 5.84 Å². The molecule has 2 rings (SSSR count). The number of nitrogen functional groups attached to an aromatic ring is 1. The number of nitrogens with one attached hydrogen (secondary N) is 1. The van der Waals surface area contributed by atoms with Crippen LogP contribution in [-0.4, -0.2) is 50.8 Å². The molecule has 0 aliphatic carbocycles. The summed E-state index contributed by atoms with van der Waals surface area (Å²) in [6, 6.07) is 6.51. The lowest BCUT2D eigenvalue weighted by Crippen LogP contribution is -2.47. The number of nitrogens with zero attached hydrogens (tertiary/aromatic N) is 2. The largest absolute Gasteiger partial charge is 0.324 e. The molecule has 112 valence electrons. The molecule has 1 aliphatic heterocycles. The second-order valence-electron chi connectivity index (χ2n) is 5.25. The van der Waals surface area contributed by atoms with E-state index in [-0.39, 0.29) is 6.04 Å². The zero-order chi connectivity index (χ0) is 14.8. The van der Waals surface area contributed by atoms with Gasteiger partial charge in [-0.1, -0.05) is 0 Å². The molecule has 1 aromatic carbocycles. The fourth-order valence-corrected chi connectivity index (χ4v) is 3.90. The summed E-state index contributed by atoms with van der Waals surface area (Å²) >= 11 is 0. The van der Waals surface area contributed by atoms with Gasteiger partial charge in [0, 0.05) is 25.3 Å². The third-order valence-electron chi connectivity index (χ3n) is 3.81. The van der Waals surface area contributed by atoms with Gasteiger partial charge in [0.25, 0.3) is 0 Å². The Morgan fingerprint density at radius 2 is 2.00 bits per heavy atom. The number of hydrogen-bond donors (Lipinski definition) is 2. The molecular weight excluding hydrogens is 276 g/mol. The van der Waals surface area contributed by atoms with Gasteiger partial charge in [-0.25, -0.2) is 8.42 Å². The Labute approximate surface area is 120 Å². The van der Waals surface area contributed by atoms with Crippen molar-refractivity contribution >= 4 is 15.7 Å². The van der Waals surface area contributed by atoms with Crippen LogP contribution in [0.5, 0.6) is 0 Å². The summed E-state index contributed by atoms with van der Waals surface area (Å²) in [4.78, 5) is 2.47. The van der Waals surface area contributed by atoms with Crippen molar-refractivity contribution in [2.75, 3.05) is 32.6 Å². The molecule has 1 fully saturated rings. The predicted molar refractivity (Wildman–Crippen MR) is 79.7 cm³/mol. The highest BCUT2D eigenvalue weighted by Gasteiger charge is 2.30. The van der Waals surface area contributed by atoms with Gasteiger partial charge in [0.15, 0.2) is 0 Å². The first kappa shape index (κ1) is 15.2. The Balaban J connectivity index is 2.19. The van der Waals surface area contributed by atoms with Gasteiger partial charge >= 0.3 is 0 Å². The number of hydrogen-bond acceptors (Lipinski definition) is 5. The summed E-state index contributed by atoms with van der Waals surface area (Å²) < 4.78 is 26.7. The van der Waals surface area contributed by atoms with E-state index in [2.05, 4.69) is 10.3 Å². The minimum atomic E-state index is -3.45. The van der Waals surface area contributed by atoms with Crippen molar-refractivity contribution in [3.8, 4) is 0 Å². The maximum Gasteiger partial charge on any atom is 0.243 e. The summed E-state index contributed by atoms with van der Waals surface area (Å²) in [5.41, 5.74) is 3.17. The second-order valence-corrected chi connectivity index (χ2v) is 7.25. The first-order chi connectivity index (χ1) is 9.45. The Hall–Kier alpha value is -1.15. The molecule has 1 heterocycles. The van der Waals surface area contributed by atoms with E-state index in [1.807, 2.05) is 7.05 Å². The molecule has 0 saturated carbocycles. The molecule has 1 aromatic rings. The molecule has 6 nitrogen and oxygen atoms in total. The molecule has 0 amide bonds. The average molecular weight is 298 g/mol. The summed E-state index contributed by atoms with van der Waals surface area (Å²) in [6.07, 6.45) is 1.93. The highest BCUT2D eigenvalue weighted by molar-refractivity contribution is 7.89. The maximum atomic E-state index is 12.6. The fraction of sp³-hybridized carbons (Fsp3) is 0.538. The van der Waals surface area contributed by atoms with Crippen LogP contribution < -0.4 is 11.3 Å². The number of piperidine rings is 1. The van der Waals surface area contributed by atoms with Crippen molar-refractivity contribution in [1.29, 1.82) is 0 Å². The van der Waals surface area contributed by atoms with Crippen molar-refractivity contribution in [3.05, 3.63) is 24.3 Å². The fourth-order valence-electron chi connectivity index (χ4n) is 2.52. The highest BCUT2D eigenvalue weighted by Crippen LogP contribution is 2.22. The molecule has 0 spiro atoms. The molecular formula is C13H22N4O2S. The summed E-state index contributed by atoms with van der Waals surface area (Å²) in [6.45, 7) is 1.80. The number of hydrazine groups is 1. The number of likely N-dealkylation sites (tertiary alicyclic amines) is 1. The molecule has 1 aliphatic rings. The average Bonchev–Trinajstić information content (AvgIpc) is 2.46. The molecule has 0 aromatic heterocycles. The molecule has 3 N–H and O–H groups in total. The van der Waals surface area contributed by atoms with E-state index in [1.165, 1.54) is 4.31 Å². The quantitative estimate of drug-likeness (QED) is 0.631. The molecule has 0 radical (unpaired) electrons. The van der Waals surface area contributed by atoms with Gasteiger partial charge in [0.05, 0.1) is 4.90 Å². The van der Waals surface area contributed by atoms with Gasteiger partial charge in [-0.3, -0.25) is 5.84 Å². The van der Waals surface area contributed by atoms with E-state index in [1.54, 1.807) is 31.3 Å². The molecule has 7 heteroatoms. The second kappa shape index (κ2) is 6.09. The monoisotopic (exact) mass is 298 g/mol. The Morgan fingerprint density at radius 3 is 2.55 bits per heavy atom. The smallest absolute Gasteiger partial charge is 0.243 e. The summed E-state index contributed by atoms with van der Waals surface area (Å²) in [5.74, 6) is 5.29. The van der Waals surface area contributed by atoms with E-state index in [0.717, 1.165) is 25.9 Å². The van der Waals surface area contributed by atoms with Crippen molar-refractivity contribution in [3.63, 3.8) is 0 Å². The van der Waals surface area contributed by atoms with E-state index in [0.29, 0.717) is 10.6 Å². The van der Waals surface area contributed by atoms with Crippen LogP contribution in [0.2, 0.25) is 0 Å². The van der Waals surface area contributed by atoms with Crippen LogP contribution in [0.1, 0.15) is 12.8 Å². The van der Waals surface area contributed by atoms with Gasteiger partial charge in [0.1, 0.15) is 0 Å². The van der Waals surface area contributed by atoms with E-state index < -0.39 is 10.0 Å². The van der Waals surface area contributed by atoms with Crippen molar-refractivity contribution < 1.29 is 8.42 Å². The molecule has 1 unspecified atom stereocenters. The predicted octanol–water partition coefficient (Wildman–Crippen LogP) is 0.687. The van der Waals surface area contributed by atoms with Crippen molar-refractivity contribution in [1.82, 2.24) is 9.21 Å². The molecule has 1 atom stereocenters. The van der Waals surface area contributed by atoms with Crippen LogP contribution in [0, 0.1) is 0 Å². The first-order valence-corrected chi connectivity index (χ1v) is 8.12. The van der Waals surface area contributed by atoms with Crippen LogP contribution in [0.4, 0.5) is 5.69 Å². The number of nitrogens with two attached hydrogens (primary N) is 1. The molecule has 20 heavy (non-hydrogen) atoms. The maximum absolute atomic E-state index is 12.6. The summed E-state index contributed by atoms with van der Waals surface area (Å²) in [7, 11) is 0.234. The van der Waals surface area contributed by atoms with E-state index >= 15 is 0 Å². The lowest BCUT2D eigenvalue weighted by Gasteiger charge is -2.35. The van der Waals surface area contributed by atoms with Gasteiger partial charge < -0.3 is 10.3 Å². The topological polar surface area (TPSA) is 78.7 Å². The minimum Gasteiger partial charge on any atom is -0.324 e. The van der Waals surface area contributed by atoms with Gasteiger partial charge in [0.2, 0.25) is 10.0 Å².